The van der Waals surface area contributed by atoms with Crippen LogP contribution in [0.3, 0.4) is 0 Å². The fourth-order valence-electron chi connectivity index (χ4n) is 2.22. The second kappa shape index (κ2) is 6.74. The van der Waals surface area contributed by atoms with Gasteiger partial charge in [0.05, 0.1) is 24.1 Å². The lowest BCUT2D eigenvalue weighted by Crippen LogP contribution is -2.57. The van der Waals surface area contributed by atoms with Crippen LogP contribution < -0.4 is 5.32 Å². The van der Waals surface area contributed by atoms with Crippen molar-refractivity contribution in [3.05, 3.63) is 34.6 Å². The van der Waals surface area contributed by atoms with E-state index in [1.165, 1.54) is 18.1 Å². The lowest BCUT2D eigenvalue weighted by Gasteiger charge is -2.34. The van der Waals surface area contributed by atoms with Crippen molar-refractivity contribution in [2.75, 3.05) is 20.2 Å². The predicted octanol–water partition coefficient (Wildman–Crippen LogP) is 0.983. The number of amides is 2. The minimum atomic E-state index is -0.977. The van der Waals surface area contributed by atoms with E-state index in [0.29, 0.717) is 0 Å². The molecule has 2 rings (SSSR count). The topological polar surface area (TPSA) is 75.7 Å². The number of nitrogens with one attached hydrogen (secondary N) is 1. The van der Waals surface area contributed by atoms with Crippen molar-refractivity contribution in [3.63, 3.8) is 0 Å². The van der Waals surface area contributed by atoms with E-state index in [2.05, 4.69) is 10.1 Å². The molecule has 0 radical (unpaired) electrons. The number of carbonyl (C=O) groups excluding carboxylic acids is 3. The van der Waals surface area contributed by atoms with Crippen LogP contribution in [0.4, 0.5) is 4.39 Å². The number of methoxy groups -OCH3 is 1. The van der Waals surface area contributed by atoms with Crippen LogP contribution >= 0.6 is 11.6 Å². The van der Waals surface area contributed by atoms with Crippen molar-refractivity contribution in [1.29, 1.82) is 0 Å². The Morgan fingerprint density at radius 3 is 2.86 bits per heavy atom. The normalized spacial score (nSPS) is 17.9. The molecular formula is C14H14ClFN2O4. The molecule has 1 N–H and O–H groups in total. The summed E-state index contributed by atoms with van der Waals surface area (Å²) in [5.41, 5.74) is 0.0765. The third-order valence-electron chi connectivity index (χ3n) is 3.34. The van der Waals surface area contributed by atoms with Gasteiger partial charge in [-0.2, -0.15) is 0 Å². The molecule has 6 nitrogen and oxygen atoms in total. The summed E-state index contributed by atoms with van der Waals surface area (Å²) in [6, 6.07) is 2.41. The van der Waals surface area contributed by atoms with Crippen molar-refractivity contribution in [2.45, 2.75) is 12.5 Å². The minimum absolute atomic E-state index is 0.0483. The van der Waals surface area contributed by atoms with Gasteiger partial charge in [-0.1, -0.05) is 11.6 Å². The van der Waals surface area contributed by atoms with Gasteiger partial charge in [-0.15, -0.1) is 0 Å². The Balaban J connectivity index is 2.28. The van der Waals surface area contributed by atoms with Gasteiger partial charge in [0.1, 0.15) is 11.9 Å². The van der Waals surface area contributed by atoms with E-state index in [-0.39, 0.29) is 30.1 Å². The molecule has 1 fully saturated rings. The molecule has 0 aliphatic carbocycles. The number of hydrogen-bond acceptors (Lipinski definition) is 4. The average Bonchev–Trinajstić information content (AvgIpc) is 2.48. The Morgan fingerprint density at radius 1 is 1.50 bits per heavy atom. The average molecular weight is 329 g/mol. The monoisotopic (exact) mass is 328 g/mol. The van der Waals surface area contributed by atoms with Crippen LogP contribution in [0.5, 0.6) is 0 Å². The maximum Gasteiger partial charge on any atom is 0.308 e. The molecule has 1 aliphatic rings. The number of benzene rings is 1. The van der Waals surface area contributed by atoms with Gasteiger partial charge in [-0.25, -0.2) is 4.39 Å². The molecule has 1 aromatic carbocycles. The fourth-order valence-corrected chi connectivity index (χ4v) is 2.47. The highest BCUT2D eigenvalue weighted by Crippen LogP contribution is 2.21. The summed E-state index contributed by atoms with van der Waals surface area (Å²) < 4.78 is 17.6. The van der Waals surface area contributed by atoms with Crippen LogP contribution in [-0.2, 0) is 14.3 Å². The molecule has 1 saturated heterocycles. The standard InChI is InChI=1S/C14H14ClFN2O4/c1-22-12(19)7-11-13(20)17-4-5-18(11)14(21)9-3-2-8(16)6-10(9)15/h2-3,6,11H,4-5,7H2,1H3,(H,17,20)/t11-/m0/s1. The van der Waals surface area contributed by atoms with Crippen molar-refractivity contribution in [2.24, 2.45) is 0 Å². The smallest absolute Gasteiger partial charge is 0.308 e. The zero-order valence-corrected chi connectivity index (χ0v) is 12.5. The van der Waals surface area contributed by atoms with Gasteiger partial charge < -0.3 is 15.0 Å². The maximum atomic E-state index is 13.1. The van der Waals surface area contributed by atoms with Crippen LogP contribution in [0.2, 0.25) is 5.02 Å². The summed E-state index contributed by atoms with van der Waals surface area (Å²) >= 11 is 5.88. The van der Waals surface area contributed by atoms with Gasteiger partial charge in [0.2, 0.25) is 5.91 Å². The van der Waals surface area contributed by atoms with Crippen LogP contribution in [0.25, 0.3) is 0 Å². The number of rotatable bonds is 3. The third-order valence-corrected chi connectivity index (χ3v) is 3.65. The Bertz CT molecular complexity index is 623. The van der Waals surface area contributed by atoms with Crippen LogP contribution in [0.1, 0.15) is 16.8 Å². The van der Waals surface area contributed by atoms with E-state index >= 15 is 0 Å². The Labute approximate surface area is 131 Å². The van der Waals surface area contributed by atoms with Gasteiger partial charge in [-0.05, 0) is 18.2 Å². The van der Waals surface area contributed by atoms with E-state index in [0.717, 1.165) is 12.1 Å². The third kappa shape index (κ3) is 3.36. The lowest BCUT2D eigenvalue weighted by atomic mass is 10.1. The first kappa shape index (κ1) is 16.2. The van der Waals surface area contributed by atoms with Gasteiger partial charge >= 0.3 is 5.97 Å². The number of ether oxygens (including phenoxy) is 1. The number of carbonyl (C=O) groups is 3. The van der Waals surface area contributed by atoms with E-state index < -0.39 is 29.6 Å². The summed E-state index contributed by atoms with van der Waals surface area (Å²) in [7, 11) is 1.20. The Kier molecular flexibility index (Phi) is 4.97. The highest BCUT2D eigenvalue weighted by atomic mass is 35.5. The molecule has 8 heteroatoms. The van der Waals surface area contributed by atoms with Crippen LogP contribution in [0.15, 0.2) is 18.2 Å². The molecule has 22 heavy (non-hydrogen) atoms. The van der Waals surface area contributed by atoms with Gasteiger partial charge in [0, 0.05) is 13.1 Å². The van der Waals surface area contributed by atoms with Crippen molar-refractivity contribution >= 4 is 29.4 Å². The number of piperazine rings is 1. The molecular weight excluding hydrogens is 315 g/mol. The van der Waals surface area contributed by atoms with Crippen LogP contribution in [0, 0.1) is 5.82 Å². The molecule has 1 heterocycles. The second-order valence-corrected chi connectivity index (χ2v) is 5.12. The summed E-state index contributed by atoms with van der Waals surface area (Å²) in [6.45, 7) is 0.487. The summed E-state index contributed by atoms with van der Waals surface area (Å²) in [5, 5.41) is 2.54. The summed E-state index contributed by atoms with van der Waals surface area (Å²) in [5.74, 6) is -2.15. The maximum absolute atomic E-state index is 13.1. The first-order valence-electron chi connectivity index (χ1n) is 6.54. The number of esters is 1. The molecule has 1 atom stereocenters. The number of nitrogens with zero attached hydrogens (tertiary/aromatic N) is 1. The highest BCUT2D eigenvalue weighted by Gasteiger charge is 2.36. The molecule has 118 valence electrons. The Hall–Kier alpha value is -2.15. The molecule has 0 aromatic heterocycles. The highest BCUT2D eigenvalue weighted by molar-refractivity contribution is 6.33. The molecule has 0 saturated carbocycles. The van der Waals surface area contributed by atoms with E-state index in [1.807, 2.05) is 0 Å². The quantitative estimate of drug-likeness (QED) is 0.839. The first-order chi connectivity index (χ1) is 10.4. The molecule has 1 aliphatic heterocycles. The number of halogens is 2. The van der Waals surface area contributed by atoms with E-state index in [9.17, 15) is 18.8 Å². The largest absolute Gasteiger partial charge is 0.469 e. The lowest BCUT2D eigenvalue weighted by molar-refractivity contribution is -0.145. The summed E-state index contributed by atoms with van der Waals surface area (Å²) in [4.78, 5) is 37.1. The second-order valence-electron chi connectivity index (χ2n) is 4.71. The van der Waals surface area contributed by atoms with Crippen molar-refractivity contribution in [3.8, 4) is 0 Å². The first-order valence-corrected chi connectivity index (χ1v) is 6.92. The van der Waals surface area contributed by atoms with E-state index in [4.69, 9.17) is 11.6 Å². The SMILES string of the molecule is COC(=O)C[C@H]1C(=O)NCCN1C(=O)c1ccc(F)cc1Cl. The zero-order valence-electron chi connectivity index (χ0n) is 11.8. The molecule has 1 aromatic rings. The molecule has 0 bridgehead atoms. The van der Waals surface area contributed by atoms with E-state index in [1.54, 1.807) is 0 Å². The Morgan fingerprint density at radius 2 is 2.23 bits per heavy atom. The minimum Gasteiger partial charge on any atom is -0.469 e. The van der Waals surface area contributed by atoms with Crippen molar-refractivity contribution in [1.82, 2.24) is 10.2 Å². The van der Waals surface area contributed by atoms with Gasteiger partial charge in [-0.3, -0.25) is 14.4 Å². The molecule has 0 unspecified atom stereocenters. The van der Waals surface area contributed by atoms with Gasteiger partial charge in [0.15, 0.2) is 0 Å². The summed E-state index contributed by atoms with van der Waals surface area (Å²) in [6.07, 6.45) is -0.257. The van der Waals surface area contributed by atoms with Crippen molar-refractivity contribution < 1.29 is 23.5 Å². The molecule has 0 spiro atoms. The zero-order chi connectivity index (χ0) is 16.3. The fraction of sp³-hybridized carbons (Fsp3) is 0.357. The predicted molar refractivity (Wildman–Crippen MR) is 75.9 cm³/mol. The molecule has 2 amide bonds. The van der Waals surface area contributed by atoms with Gasteiger partial charge in [0.25, 0.3) is 5.91 Å². The van der Waals surface area contributed by atoms with Crippen LogP contribution in [-0.4, -0.2) is 48.9 Å². The number of hydrogen-bond donors (Lipinski definition) is 1.